The summed E-state index contributed by atoms with van der Waals surface area (Å²) in [5, 5.41) is 7.07. The zero-order valence-corrected chi connectivity index (χ0v) is 31.5. The maximum atomic E-state index is 13.5. The molecule has 290 valence electrons. The predicted molar refractivity (Wildman–Crippen MR) is 219 cm³/mol. The fourth-order valence-corrected chi connectivity index (χ4v) is 8.35. The lowest BCUT2D eigenvalue weighted by Crippen LogP contribution is -2.14. The number of rotatable bonds is 11. The Morgan fingerprint density at radius 1 is 0.448 bits per heavy atom. The largest absolute Gasteiger partial charge is 0.351 e. The summed E-state index contributed by atoms with van der Waals surface area (Å²) in [6.45, 7) is 0. The number of para-hydroxylation sites is 1. The highest BCUT2D eigenvalue weighted by Crippen LogP contribution is 2.29. The van der Waals surface area contributed by atoms with Crippen LogP contribution in [0.5, 0.6) is 0 Å². The van der Waals surface area contributed by atoms with Crippen LogP contribution in [0.15, 0.2) is 155 Å². The van der Waals surface area contributed by atoms with Crippen LogP contribution in [0.25, 0.3) is 32.9 Å². The number of anilines is 4. The number of hydrogen-bond acceptors (Lipinski definition) is 6. The minimum atomic E-state index is -4.18. The van der Waals surface area contributed by atoms with Crippen LogP contribution in [0.4, 0.5) is 31.5 Å². The van der Waals surface area contributed by atoms with Crippen molar-refractivity contribution in [2.75, 3.05) is 20.1 Å². The average Bonchev–Trinajstić information content (AvgIpc) is 3.83. The molecule has 12 nitrogen and oxygen atoms in total. The van der Waals surface area contributed by atoms with Crippen molar-refractivity contribution in [2.45, 2.75) is 9.79 Å². The molecule has 2 heterocycles. The fraction of sp³-hybridized carbons (Fsp3) is 0. The van der Waals surface area contributed by atoms with Gasteiger partial charge in [-0.3, -0.25) is 19.0 Å². The number of amides is 2. The number of aromatic amines is 2. The van der Waals surface area contributed by atoms with Crippen molar-refractivity contribution in [1.82, 2.24) is 9.97 Å². The van der Waals surface area contributed by atoms with Crippen molar-refractivity contribution in [1.29, 1.82) is 0 Å². The molecular formula is C42H30F2N6O6S2. The normalized spacial score (nSPS) is 11.7. The Labute approximate surface area is 330 Å². The summed E-state index contributed by atoms with van der Waals surface area (Å²) >= 11 is 0. The number of H-pyrrole nitrogens is 2. The standard InChI is InChI=1S/C42H30F2N6O6S2/c43-29-22-30(44)24-34(23-29)50-58(55,56)36-15-11-32(12-16-36)46-42(52)40-21-28-18-26(8-17-38(28)48-40)25-5-3-6-33(19-25)49-57(53,54)35-13-9-31(10-14-35)45-41(51)39-20-27-4-1-2-7-37(27)47-39/h1-24,47-50H,(H,45,51)(H,46,52). The molecule has 0 aliphatic heterocycles. The van der Waals surface area contributed by atoms with Crippen molar-refractivity contribution in [2.24, 2.45) is 0 Å². The Morgan fingerprint density at radius 3 is 1.55 bits per heavy atom. The minimum Gasteiger partial charge on any atom is -0.351 e. The molecule has 0 fully saturated rings. The van der Waals surface area contributed by atoms with Crippen LogP contribution < -0.4 is 20.1 Å². The number of nitrogens with one attached hydrogen (secondary N) is 6. The number of carbonyl (C=O) groups is 2. The smallest absolute Gasteiger partial charge is 0.272 e. The van der Waals surface area contributed by atoms with E-state index in [4.69, 9.17) is 0 Å². The molecule has 0 bridgehead atoms. The number of halogens is 2. The second kappa shape index (κ2) is 15.0. The predicted octanol–water partition coefficient (Wildman–Crippen LogP) is 8.70. The van der Waals surface area contributed by atoms with E-state index in [9.17, 15) is 35.2 Å². The molecule has 2 aromatic heterocycles. The molecule has 6 N–H and O–H groups in total. The highest BCUT2D eigenvalue weighted by Gasteiger charge is 2.18. The number of benzene rings is 6. The molecule has 0 radical (unpaired) electrons. The van der Waals surface area contributed by atoms with Gasteiger partial charge in [-0.15, -0.1) is 0 Å². The van der Waals surface area contributed by atoms with Crippen molar-refractivity contribution >= 4 is 76.4 Å². The van der Waals surface area contributed by atoms with Gasteiger partial charge >= 0.3 is 0 Å². The molecule has 0 saturated carbocycles. The van der Waals surface area contributed by atoms with Crippen molar-refractivity contribution in [3.8, 4) is 11.1 Å². The average molecular weight is 817 g/mol. The molecule has 0 atom stereocenters. The Bertz CT molecular complexity index is 3060. The first-order valence-electron chi connectivity index (χ1n) is 17.4. The molecule has 16 heteroatoms. The van der Waals surface area contributed by atoms with Crippen LogP contribution in [0, 0.1) is 11.6 Å². The topological polar surface area (TPSA) is 182 Å². The van der Waals surface area contributed by atoms with Gasteiger partial charge in [-0.05, 0) is 114 Å². The summed E-state index contributed by atoms with van der Waals surface area (Å²) in [6, 6.07) is 36.6. The summed E-state index contributed by atoms with van der Waals surface area (Å²) in [5.41, 5.74) is 4.30. The number of fused-ring (bicyclic) bond motifs is 2. The van der Waals surface area contributed by atoms with Gasteiger partial charge in [0, 0.05) is 44.9 Å². The maximum Gasteiger partial charge on any atom is 0.272 e. The number of aromatic nitrogens is 2. The fourth-order valence-electron chi connectivity index (χ4n) is 6.27. The van der Waals surface area contributed by atoms with Gasteiger partial charge in [-0.25, -0.2) is 25.6 Å². The lowest BCUT2D eigenvalue weighted by molar-refractivity contribution is 0.101. The highest BCUT2D eigenvalue weighted by atomic mass is 32.2. The van der Waals surface area contributed by atoms with Gasteiger partial charge in [-0.2, -0.15) is 0 Å². The molecule has 6 aromatic carbocycles. The van der Waals surface area contributed by atoms with E-state index in [0.29, 0.717) is 45.3 Å². The third-order valence-electron chi connectivity index (χ3n) is 9.05. The molecule has 58 heavy (non-hydrogen) atoms. The van der Waals surface area contributed by atoms with E-state index in [-0.39, 0.29) is 27.1 Å². The first-order chi connectivity index (χ1) is 27.8. The maximum absolute atomic E-state index is 13.5. The zero-order valence-electron chi connectivity index (χ0n) is 29.9. The molecule has 0 aliphatic rings. The third kappa shape index (κ3) is 8.14. The van der Waals surface area contributed by atoms with Gasteiger partial charge in [0.05, 0.1) is 15.5 Å². The van der Waals surface area contributed by atoms with Crippen LogP contribution in [-0.4, -0.2) is 38.6 Å². The van der Waals surface area contributed by atoms with E-state index in [0.717, 1.165) is 28.6 Å². The van der Waals surface area contributed by atoms with Crippen LogP contribution in [0.1, 0.15) is 21.0 Å². The molecule has 0 unspecified atom stereocenters. The Hall–Kier alpha value is -7.30. The minimum absolute atomic E-state index is 0.00210. The van der Waals surface area contributed by atoms with Crippen molar-refractivity contribution in [3.05, 3.63) is 169 Å². The summed E-state index contributed by atoms with van der Waals surface area (Å²) in [5.74, 6) is -2.74. The number of hydrogen-bond donors (Lipinski definition) is 6. The summed E-state index contributed by atoms with van der Waals surface area (Å²) in [4.78, 5) is 31.9. The number of sulfonamides is 2. The van der Waals surface area contributed by atoms with E-state index in [1.165, 1.54) is 48.5 Å². The molecular weight excluding hydrogens is 787 g/mol. The quantitative estimate of drug-likeness (QED) is 0.0759. The number of carbonyl (C=O) groups excluding carboxylic acids is 2. The zero-order chi connectivity index (χ0) is 40.6. The monoisotopic (exact) mass is 816 g/mol. The summed E-state index contributed by atoms with van der Waals surface area (Å²) in [6.07, 6.45) is 0. The van der Waals surface area contributed by atoms with Gasteiger partial charge in [0.25, 0.3) is 31.9 Å². The summed E-state index contributed by atoms with van der Waals surface area (Å²) < 4.78 is 84.0. The van der Waals surface area contributed by atoms with Gasteiger partial charge in [0.15, 0.2) is 0 Å². The van der Waals surface area contributed by atoms with Crippen molar-refractivity contribution in [3.63, 3.8) is 0 Å². The molecule has 8 aromatic rings. The van der Waals surface area contributed by atoms with Crippen LogP contribution >= 0.6 is 0 Å². The Kier molecular flexibility index (Phi) is 9.72. The van der Waals surface area contributed by atoms with Crippen molar-refractivity contribution < 1.29 is 35.2 Å². The van der Waals surface area contributed by atoms with Crippen LogP contribution in [-0.2, 0) is 20.0 Å². The molecule has 0 saturated heterocycles. The van der Waals surface area contributed by atoms with Gasteiger partial charge < -0.3 is 20.6 Å². The lowest BCUT2D eigenvalue weighted by Gasteiger charge is -2.11. The third-order valence-corrected chi connectivity index (χ3v) is 11.8. The van der Waals surface area contributed by atoms with E-state index in [2.05, 4.69) is 30.0 Å². The van der Waals surface area contributed by atoms with E-state index in [1.54, 1.807) is 36.4 Å². The molecule has 0 spiro atoms. The summed E-state index contributed by atoms with van der Waals surface area (Å²) in [7, 11) is -8.17. The van der Waals surface area contributed by atoms with Crippen LogP contribution in [0.2, 0.25) is 0 Å². The second-order valence-corrected chi connectivity index (χ2v) is 16.5. The van der Waals surface area contributed by atoms with E-state index < -0.39 is 37.6 Å². The first kappa shape index (κ1) is 37.6. The molecule has 8 rings (SSSR count). The van der Waals surface area contributed by atoms with Crippen LogP contribution in [0.3, 0.4) is 0 Å². The van der Waals surface area contributed by atoms with E-state index in [1.807, 2.05) is 42.5 Å². The van der Waals surface area contributed by atoms with Gasteiger partial charge in [-0.1, -0.05) is 36.4 Å². The SMILES string of the molecule is O=C(Nc1ccc(S(=O)(=O)Nc2cccc(-c3ccc4[nH]c(C(=O)Nc5ccc(S(=O)(=O)Nc6cc(F)cc(F)c6)cc5)cc4c3)c2)cc1)c1cc2ccccc2[nH]1. The lowest BCUT2D eigenvalue weighted by atomic mass is 10.0. The molecule has 2 amide bonds. The van der Waals surface area contributed by atoms with Gasteiger partial charge in [0.2, 0.25) is 0 Å². The first-order valence-corrected chi connectivity index (χ1v) is 20.4. The Morgan fingerprint density at radius 2 is 0.966 bits per heavy atom. The highest BCUT2D eigenvalue weighted by molar-refractivity contribution is 7.93. The molecule has 0 aliphatic carbocycles. The Balaban J connectivity index is 0.912. The van der Waals surface area contributed by atoms with E-state index >= 15 is 0 Å². The second-order valence-electron chi connectivity index (χ2n) is 13.2. The van der Waals surface area contributed by atoms with Gasteiger partial charge in [0.1, 0.15) is 23.0 Å².